The van der Waals surface area contributed by atoms with Crippen molar-refractivity contribution in [3.05, 3.63) is 52.6 Å². The van der Waals surface area contributed by atoms with Crippen molar-refractivity contribution in [2.24, 2.45) is 5.73 Å². The molecule has 7 heteroatoms. The summed E-state index contributed by atoms with van der Waals surface area (Å²) in [6.07, 6.45) is 0.845. The first-order valence-corrected chi connectivity index (χ1v) is 9.22. The normalized spacial score (nSPS) is 16.6. The van der Waals surface area contributed by atoms with Crippen LogP contribution in [-0.2, 0) is 14.3 Å². The highest BCUT2D eigenvalue weighted by Gasteiger charge is 2.37. The second kappa shape index (κ2) is 9.81. The number of esters is 1. The summed E-state index contributed by atoms with van der Waals surface area (Å²) >= 11 is 0. The predicted octanol–water partition coefficient (Wildman–Crippen LogP) is 2.66. The fraction of sp³-hybridized carbons (Fsp3) is 0.429. The van der Waals surface area contributed by atoms with Crippen molar-refractivity contribution < 1.29 is 19.0 Å². The standard InChI is InChI=1S/C21H27N3O4/c1-5-26-21(25)18-14(2)28-20(23)16(13-22)19(18)15-9-6-7-10-17(15)27-12-8-11-24(3)4/h6-7,9-10,19H,5,8,11-12,23H2,1-4H3. The smallest absolute Gasteiger partial charge is 0.338 e. The number of benzene rings is 1. The molecular weight excluding hydrogens is 358 g/mol. The summed E-state index contributed by atoms with van der Waals surface area (Å²) in [5, 5.41) is 9.69. The minimum Gasteiger partial charge on any atom is -0.493 e. The van der Waals surface area contributed by atoms with E-state index >= 15 is 0 Å². The van der Waals surface area contributed by atoms with Gasteiger partial charge in [-0.25, -0.2) is 4.79 Å². The van der Waals surface area contributed by atoms with Crippen molar-refractivity contribution in [2.45, 2.75) is 26.2 Å². The van der Waals surface area contributed by atoms with Gasteiger partial charge in [0, 0.05) is 12.1 Å². The minimum absolute atomic E-state index is 0.0135. The van der Waals surface area contributed by atoms with Crippen LogP contribution in [0.3, 0.4) is 0 Å². The molecule has 1 heterocycles. The molecule has 7 nitrogen and oxygen atoms in total. The van der Waals surface area contributed by atoms with Crippen molar-refractivity contribution in [3.8, 4) is 11.8 Å². The van der Waals surface area contributed by atoms with Gasteiger partial charge in [-0.05, 0) is 40.4 Å². The highest BCUT2D eigenvalue weighted by atomic mass is 16.5. The van der Waals surface area contributed by atoms with Crippen LogP contribution in [0.4, 0.5) is 0 Å². The molecule has 150 valence electrons. The molecule has 1 aromatic rings. The number of hydrogen-bond acceptors (Lipinski definition) is 7. The summed E-state index contributed by atoms with van der Waals surface area (Å²) in [5.74, 6) is -0.332. The van der Waals surface area contributed by atoms with E-state index in [0.717, 1.165) is 13.0 Å². The number of ether oxygens (including phenoxy) is 3. The Bertz CT molecular complexity index is 821. The van der Waals surface area contributed by atoms with Gasteiger partial charge in [0.15, 0.2) is 0 Å². The molecule has 0 aromatic heterocycles. The zero-order valence-electron chi connectivity index (χ0n) is 16.8. The molecular formula is C21H27N3O4. The van der Waals surface area contributed by atoms with Crippen LogP contribution in [-0.4, -0.2) is 44.7 Å². The van der Waals surface area contributed by atoms with Gasteiger partial charge in [0.1, 0.15) is 23.2 Å². The Kier molecular flexibility index (Phi) is 7.47. The Morgan fingerprint density at radius 2 is 2.07 bits per heavy atom. The number of allylic oxidation sites excluding steroid dienone is 2. The molecule has 1 aliphatic heterocycles. The zero-order valence-corrected chi connectivity index (χ0v) is 16.8. The van der Waals surface area contributed by atoms with Gasteiger partial charge in [-0.3, -0.25) is 0 Å². The lowest BCUT2D eigenvalue weighted by molar-refractivity contribution is -0.139. The lowest BCUT2D eigenvalue weighted by Gasteiger charge is -2.28. The van der Waals surface area contributed by atoms with E-state index in [4.69, 9.17) is 19.9 Å². The van der Waals surface area contributed by atoms with E-state index in [1.807, 2.05) is 38.4 Å². The average Bonchev–Trinajstić information content (AvgIpc) is 2.65. The third kappa shape index (κ3) is 4.84. The molecule has 28 heavy (non-hydrogen) atoms. The summed E-state index contributed by atoms with van der Waals surface area (Å²) < 4.78 is 16.6. The van der Waals surface area contributed by atoms with Gasteiger partial charge >= 0.3 is 5.97 Å². The van der Waals surface area contributed by atoms with E-state index in [0.29, 0.717) is 23.7 Å². The fourth-order valence-corrected chi connectivity index (χ4v) is 3.08. The molecule has 0 radical (unpaired) electrons. The van der Waals surface area contributed by atoms with Gasteiger partial charge in [-0.15, -0.1) is 0 Å². The molecule has 0 aliphatic carbocycles. The summed E-state index contributed by atoms with van der Waals surface area (Å²) in [5.41, 5.74) is 7.06. The second-order valence-electron chi connectivity index (χ2n) is 6.66. The lowest BCUT2D eigenvalue weighted by Crippen LogP contribution is -2.26. The molecule has 0 saturated heterocycles. The third-order valence-corrected chi connectivity index (χ3v) is 4.34. The maximum Gasteiger partial charge on any atom is 0.338 e. The number of hydrogen-bond donors (Lipinski definition) is 1. The fourth-order valence-electron chi connectivity index (χ4n) is 3.08. The zero-order chi connectivity index (χ0) is 20.7. The lowest BCUT2D eigenvalue weighted by atomic mass is 9.82. The van der Waals surface area contributed by atoms with E-state index in [2.05, 4.69) is 11.0 Å². The molecule has 0 bridgehead atoms. The summed E-state index contributed by atoms with van der Waals surface area (Å²) in [6.45, 7) is 4.98. The molecule has 0 saturated carbocycles. The van der Waals surface area contributed by atoms with E-state index in [1.165, 1.54) is 0 Å². The Hall–Kier alpha value is -2.98. The quantitative estimate of drug-likeness (QED) is 0.543. The highest BCUT2D eigenvalue weighted by molar-refractivity contribution is 5.92. The first kappa shape index (κ1) is 21.3. The molecule has 2 rings (SSSR count). The monoisotopic (exact) mass is 385 g/mol. The van der Waals surface area contributed by atoms with E-state index in [9.17, 15) is 10.1 Å². The summed E-state index contributed by atoms with van der Waals surface area (Å²) in [7, 11) is 4.00. The average molecular weight is 385 g/mol. The summed E-state index contributed by atoms with van der Waals surface area (Å²) in [4.78, 5) is 14.7. The first-order chi connectivity index (χ1) is 13.4. The topological polar surface area (TPSA) is 97.8 Å². The number of nitrogens with two attached hydrogens (primary N) is 1. The van der Waals surface area contributed by atoms with Crippen LogP contribution in [0.2, 0.25) is 0 Å². The Balaban J connectivity index is 2.44. The molecule has 0 amide bonds. The van der Waals surface area contributed by atoms with Gasteiger partial charge < -0.3 is 24.8 Å². The number of nitrogens with zero attached hydrogens (tertiary/aromatic N) is 2. The third-order valence-electron chi connectivity index (χ3n) is 4.34. The van der Waals surface area contributed by atoms with Gasteiger partial charge in [0.05, 0.1) is 24.7 Å². The van der Waals surface area contributed by atoms with Gasteiger partial charge in [-0.1, -0.05) is 18.2 Å². The Morgan fingerprint density at radius 3 is 2.71 bits per heavy atom. The van der Waals surface area contributed by atoms with Crippen molar-refractivity contribution in [1.82, 2.24) is 4.90 Å². The van der Waals surface area contributed by atoms with Crippen LogP contribution in [0.1, 0.15) is 31.7 Å². The van der Waals surface area contributed by atoms with Gasteiger partial charge in [0.25, 0.3) is 0 Å². The largest absolute Gasteiger partial charge is 0.493 e. The van der Waals surface area contributed by atoms with Crippen LogP contribution in [0, 0.1) is 11.3 Å². The predicted molar refractivity (Wildman–Crippen MR) is 105 cm³/mol. The van der Waals surface area contributed by atoms with Crippen LogP contribution >= 0.6 is 0 Å². The van der Waals surface area contributed by atoms with Crippen molar-refractivity contribution in [2.75, 3.05) is 33.9 Å². The molecule has 1 aromatic carbocycles. The molecule has 1 atom stereocenters. The maximum atomic E-state index is 12.6. The summed E-state index contributed by atoms with van der Waals surface area (Å²) in [6, 6.07) is 9.42. The van der Waals surface area contributed by atoms with Crippen LogP contribution in [0.5, 0.6) is 5.75 Å². The van der Waals surface area contributed by atoms with Crippen LogP contribution in [0.15, 0.2) is 47.1 Å². The van der Waals surface area contributed by atoms with Crippen molar-refractivity contribution >= 4 is 5.97 Å². The highest BCUT2D eigenvalue weighted by Crippen LogP contribution is 2.42. The molecule has 1 aliphatic rings. The molecule has 0 spiro atoms. The minimum atomic E-state index is -0.706. The number of carbonyl (C=O) groups is 1. The van der Waals surface area contributed by atoms with Crippen LogP contribution in [0.25, 0.3) is 0 Å². The molecule has 1 unspecified atom stereocenters. The maximum absolute atomic E-state index is 12.6. The Morgan fingerprint density at radius 1 is 1.36 bits per heavy atom. The second-order valence-corrected chi connectivity index (χ2v) is 6.66. The van der Waals surface area contributed by atoms with Crippen molar-refractivity contribution in [1.29, 1.82) is 5.26 Å². The number of nitriles is 1. The first-order valence-electron chi connectivity index (χ1n) is 9.22. The Labute approximate surface area is 166 Å². The van der Waals surface area contributed by atoms with Gasteiger partial charge in [-0.2, -0.15) is 5.26 Å². The number of para-hydroxylation sites is 1. The number of carbonyl (C=O) groups excluding carboxylic acids is 1. The van der Waals surface area contributed by atoms with E-state index < -0.39 is 11.9 Å². The van der Waals surface area contributed by atoms with Gasteiger partial charge in [0.2, 0.25) is 5.88 Å². The molecule has 2 N–H and O–H groups in total. The number of rotatable bonds is 8. The molecule has 0 fully saturated rings. The van der Waals surface area contributed by atoms with E-state index in [1.54, 1.807) is 13.8 Å². The van der Waals surface area contributed by atoms with E-state index in [-0.39, 0.29) is 23.6 Å². The van der Waals surface area contributed by atoms with Crippen molar-refractivity contribution in [3.63, 3.8) is 0 Å². The van der Waals surface area contributed by atoms with Crippen LogP contribution < -0.4 is 10.5 Å². The SMILES string of the molecule is CCOC(=O)C1=C(C)OC(N)=C(C#N)C1c1ccccc1OCCCN(C)C.